The molecule has 3 rings (SSSR count). The molecule has 28 heavy (non-hydrogen) atoms. The van der Waals surface area contributed by atoms with Crippen LogP contribution in [0.25, 0.3) is 0 Å². The van der Waals surface area contributed by atoms with E-state index in [0.717, 1.165) is 36.2 Å². The Hall–Kier alpha value is -3.16. The zero-order valence-electron chi connectivity index (χ0n) is 15.8. The average Bonchev–Trinajstić information content (AvgIpc) is 2.68. The summed E-state index contributed by atoms with van der Waals surface area (Å²) in [7, 11) is 0. The van der Waals surface area contributed by atoms with Crippen molar-refractivity contribution in [3.8, 4) is 0 Å². The van der Waals surface area contributed by atoms with Gasteiger partial charge in [0.2, 0.25) is 5.91 Å². The zero-order valence-corrected chi connectivity index (χ0v) is 15.8. The van der Waals surface area contributed by atoms with Crippen molar-refractivity contribution in [3.63, 3.8) is 0 Å². The molecule has 0 saturated carbocycles. The smallest absolute Gasteiger partial charge is 0.323 e. The number of carbonyl (C=O) groups is 2. The highest BCUT2D eigenvalue weighted by Gasteiger charge is 2.24. The predicted octanol–water partition coefficient (Wildman–Crippen LogP) is 1.60. The van der Waals surface area contributed by atoms with Gasteiger partial charge in [0.1, 0.15) is 6.54 Å². The highest BCUT2D eigenvalue weighted by Crippen LogP contribution is 2.25. The van der Waals surface area contributed by atoms with Crippen molar-refractivity contribution in [2.24, 2.45) is 5.92 Å². The second-order valence-corrected chi connectivity index (χ2v) is 7.04. The van der Waals surface area contributed by atoms with Crippen molar-refractivity contribution < 1.29 is 14.7 Å². The zero-order chi connectivity index (χ0) is 20.1. The molecule has 1 aliphatic heterocycles. The molecular weight excluding hydrogens is 360 g/mol. The van der Waals surface area contributed by atoms with Crippen LogP contribution in [0.2, 0.25) is 0 Å². The van der Waals surface area contributed by atoms with Crippen LogP contribution in [0.1, 0.15) is 19.8 Å². The minimum absolute atomic E-state index is 0.140. The van der Waals surface area contributed by atoms with Crippen molar-refractivity contribution in [2.45, 2.75) is 26.3 Å². The number of aromatic nitrogens is 2. The lowest BCUT2D eigenvalue weighted by atomic mass is 9.96. The maximum Gasteiger partial charge on any atom is 0.323 e. The summed E-state index contributed by atoms with van der Waals surface area (Å²) in [5.41, 5.74) is 1.19. The Morgan fingerprint density at radius 3 is 2.82 bits per heavy atom. The van der Waals surface area contributed by atoms with Gasteiger partial charge in [0.25, 0.3) is 5.56 Å². The van der Waals surface area contributed by atoms with E-state index in [4.69, 9.17) is 5.11 Å². The number of rotatable bonds is 6. The Balaban J connectivity index is 1.77. The van der Waals surface area contributed by atoms with E-state index >= 15 is 0 Å². The summed E-state index contributed by atoms with van der Waals surface area (Å²) in [6.45, 7) is 3.32. The standard InChI is InChI=1S/C20H24N4O4/c1-15(25)24(18-6-7-19(26)23(13-18)14-20(27)28)12-16-4-3-9-22(11-16)17-5-2-8-21-10-17/h2,5-8,10,13,16H,3-4,9,11-12,14H2,1H3,(H,27,28). The van der Waals surface area contributed by atoms with Gasteiger partial charge in [0, 0.05) is 45.0 Å². The summed E-state index contributed by atoms with van der Waals surface area (Å²) in [6, 6.07) is 6.81. The third-order valence-electron chi connectivity index (χ3n) is 4.94. The van der Waals surface area contributed by atoms with E-state index in [-0.39, 0.29) is 11.8 Å². The fourth-order valence-corrected chi connectivity index (χ4v) is 3.61. The average molecular weight is 384 g/mol. The molecule has 1 aliphatic rings. The second-order valence-electron chi connectivity index (χ2n) is 7.04. The Morgan fingerprint density at radius 1 is 1.32 bits per heavy atom. The van der Waals surface area contributed by atoms with E-state index in [9.17, 15) is 14.4 Å². The van der Waals surface area contributed by atoms with Gasteiger partial charge in [-0.2, -0.15) is 0 Å². The molecule has 8 heteroatoms. The molecule has 2 aromatic rings. The summed E-state index contributed by atoms with van der Waals surface area (Å²) in [5, 5.41) is 8.98. The van der Waals surface area contributed by atoms with Crippen LogP contribution >= 0.6 is 0 Å². The van der Waals surface area contributed by atoms with Crippen LogP contribution < -0.4 is 15.4 Å². The molecule has 1 saturated heterocycles. The molecule has 1 amide bonds. The number of carboxylic acids is 1. The summed E-state index contributed by atoms with van der Waals surface area (Å²) in [5.74, 6) is -0.982. The maximum atomic E-state index is 12.3. The van der Waals surface area contributed by atoms with E-state index in [1.165, 1.54) is 19.2 Å². The monoisotopic (exact) mass is 384 g/mol. The van der Waals surface area contributed by atoms with E-state index in [0.29, 0.717) is 12.2 Å². The minimum atomic E-state index is -1.10. The van der Waals surface area contributed by atoms with Gasteiger partial charge in [0.05, 0.1) is 17.6 Å². The number of pyridine rings is 2. The van der Waals surface area contributed by atoms with Crippen molar-refractivity contribution >= 4 is 23.3 Å². The van der Waals surface area contributed by atoms with Gasteiger partial charge >= 0.3 is 5.97 Å². The summed E-state index contributed by atoms with van der Waals surface area (Å²) < 4.78 is 1.11. The molecule has 0 radical (unpaired) electrons. The molecule has 1 fully saturated rings. The first-order valence-corrected chi connectivity index (χ1v) is 9.29. The number of amides is 1. The number of hydrogen-bond donors (Lipinski definition) is 1. The molecule has 0 aromatic carbocycles. The van der Waals surface area contributed by atoms with Crippen LogP contribution in [0.5, 0.6) is 0 Å². The third-order valence-corrected chi connectivity index (χ3v) is 4.94. The van der Waals surface area contributed by atoms with Gasteiger partial charge in [-0.15, -0.1) is 0 Å². The summed E-state index contributed by atoms with van der Waals surface area (Å²) in [4.78, 5) is 43.2. The van der Waals surface area contributed by atoms with Gasteiger partial charge < -0.3 is 19.5 Å². The van der Waals surface area contributed by atoms with E-state index in [2.05, 4.69) is 9.88 Å². The maximum absolute atomic E-state index is 12.3. The lowest BCUT2D eigenvalue weighted by Gasteiger charge is -2.36. The summed E-state index contributed by atoms with van der Waals surface area (Å²) in [6.07, 6.45) is 7.04. The number of carbonyl (C=O) groups excluding carboxylic acids is 1. The first-order chi connectivity index (χ1) is 13.4. The van der Waals surface area contributed by atoms with Crippen molar-refractivity contribution in [1.82, 2.24) is 9.55 Å². The number of carboxylic acid groups (broad SMARTS) is 1. The molecule has 0 bridgehead atoms. The largest absolute Gasteiger partial charge is 0.480 e. The van der Waals surface area contributed by atoms with Crippen molar-refractivity contribution in [3.05, 3.63) is 53.2 Å². The Kier molecular flexibility index (Phi) is 6.08. The highest BCUT2D eigenvalue weighted by atomic mass is 16.4. The molecule has 3 heterocycles. The molecule has 1 unspecified atom stereocenters. The van der Waals surface area contributed by atoms with Gasteiger partial charge in [-0.3, -0.25) is 19.4 Å². The fraction of sp³-hybridized carbons (Fsp3) is 0.400. The predicted molar refractivity (Wildman–Crippen MR) is 106 cm³/mol. The number of piperidine rings is 1. The lowest BCUT2D eigenvalue weighted by molar-refractivity contribution is -0.137. The Labute approximate surface area is 163 Å². The normalized spacial score (nSPS) is 16.6. The Bertz CT molecular complexity index is 897. The molecule has 1 N–H and O–H groups in total. The van der Waals surface area contributed by atoms with E-state index in [1.54, 1.807) is 17.2 Å². The van der Waals surface area contributed by atoms with E-state index in [1.807, 2.05) is 18.3 Å². The van der Waals surface area contributed by atoms with Gasteiger partial charge in [-0.25, -0.2) is 0 Å². The molecule has 1 atom stereocenters. The molecule has 2 aromatic heterocycles. The number of aliphatic carboxylic acids is 1. The first kappa shape index (κ1) is 19.6. The van der Waals surface area contributed by atoms with Crippen LogP contribution in [-0.2, 0) is 16.1 Å². The van der Waals surface area contributed by atoms with Gasteiger partial charge in [-0.1, -0.05) is 0 Å². The minimum Gasteiger partial charge on any atom is -0.480 e. The van der Waals surface area contributed by atoms with Gasteiger partial charge in [0.15, 0.2) is 0 Å². The molecule has 148 valence electrons. The number of anilines is 2. The molecule has 0 spiro atoms. The Morgan fingerprint density at radius 2 is 2.14 bits per heavy atom. The van der Waals surface area contributed by atoms with Gasteiger partial charge in [-0.05, 0) is 37.0 Å². The van der Waals surface area contributed by atoms with E-state index < -0.39 is 18.1 Å². The number of nitrogens with zero attached hydrogens (tertiary/aromatic N) is 4. The van der Waals surface area contributed by atoms with Crippen LogP contribution in [0.4, 0.5) is 11.4 Å². The quantitative estimate of drug-likeness (QED) is 0.813. The lowest BCUT2D eigenvalue weighted by Crippen LogP contribution is -2.43. The number of hydrogen-bond acceptors (Lipinski definition) is 5. The third kappa shape index (κ3) is 4.76. The molecular formula is C20H24N4O4. The SMILES string of the molecule is CC(=O)N(CC1CCCN(c2cccnc2)C1)c1ccc(=O)n(CC(=O)O)c1. The highest BCUT2D eigenvalue weighted by molar-refractivity contribution is 5.91. The molecule has 8 nitrogen and oxygen atoms in total. The molecule has 0 aliphatic carbocycles. The van der Waals surface area contributed by atoms with Crippen LogP contribution in [0.3, 0.4) is 0 Å². The topological polar surface area (TPSA) is 95.7 Å². The first-order valence-electron chi connectivity index (χ1n) is 9.29. The second kappa shape index (κ2) is 8.69. The summed E-state index contributed by atoms with van der Waals surface area (Å²) >= 11 is 0. The fourth-order valence-electron chi connectivity index (χ4n) is 3.61. The van der Waals surface area contributed by atoms with Crippen LogP contribution in [0, 0.1) is 5.92 Å². The van der Waals surface area contributed by atoms with Crippen molar-refractivity contribution in [1.29, 1.82) is 0 Å². The van der Waals surface area contributed by atoms with Crippen molar-refractivity contribution in [2.75, 3.05) is 29.4 Å². The van der Waals surface area contributed by atoms with Crippen LogP contribution in [0.15, 0.2) is 47.7 Å². The van der Waals surface area contributed by atoms with Crippen LogP contribution in [-0.4, -0.2) is 46.2 Å².